The van der Waals surface area contributed by atoms with Crippen LogP contribution in [0.15, 0.2) is 21.3 Å². The topological polar surface area (TPSA) is 98.0 Å². The maximum Gasteiger partial charge on any atom is 0.336 e. The largest absolute Gasteiger partial charge is 0.487 e. The van der Waals surface area contributed by atoms with Crippen molar-refractivity contribution in [1.82, 2.24) is 5.32 Å². The second-order valence-corrected chi connectivity index (χ2v) is 7.97. The van der Waals surface area contributed by atoms with Crippen LogP contribution in [0, 0.1) is 0 Å². The Morgan fingerprint density at radius 3 is 2.86 bits per heavy atom. The summed E-state index contributed by atoms with van der Waals surface area (Å²) < 4.78 is 17.6. The van der Waals surface area contributed by atoms with E-state index in [4.69, 9.17) is 19.0 Å². The van der Waals surface area contributed by atoms with Crippen molar-refractivity contribution in [1.29, 1.82) is 0 Å². The Labute approximate surface area is 170 Å². The van der Waals surface area contributed by atoms with Gasteiger partial charge >= 0.3 is 5.63 Å². The molecule has 3 rings (SSSR count). The van der Waals surface area contributed by atoms with E-state index < -0.39 is 5.63 Å². The van der Waals surface area contributed by atoms with Crippen molar-refractivity contribution in [3.05, 3.63) is 33.7 Å². The van der Waals surface area contributed by atoms with Crippen LogP contribution in [-0.4, -0.2) is 36.4 Å². The number of ether oxygens (including phenoxy) is 2. The van der Waals surface area contributed by atoms with Gasteiger partial charge in [-0.05, 0) is 45.1 Å². The molecule has 1 amide bonds. The van der Waals surface area contributed by atoms with E-state index in [1.54, 1.807) is 6.07 Å². The summed E-state index contributed by atoms with van der Waals surface area (Å²) >= 11 is 0. The highest BCUT2D eigenvalue weighted by molar-refractivity contribution is 5.92. The Balaban J connectivity index is 2.02. The Morgan fingerprint density at radius 2 is 2.14 bits per heavy atom. The summed E-state index contributed by atoms with van der Waals surface area (Å²) in [5.74, 6) is 0.821. The highest BCUT2D eigenvalue weighted by Gasteiger charge is 2.30. The summed E-state index contributed by atoms with van der Waals surface area (Å²) in [5.41, 5.74) is 1.48. The van der Waals surface area contributed by atoms with E-state index in [9.17, 15) is 9.59 Å². The Morgan fingerprint density at radius 1 is 1.34 bits per heavy atom. The smallest absolute Gasteiger partial charge is 0.336 e. The molecule has 0 spiro atoms. The Bertz CT molecular complexity index is 946. The van der Waals surface area contributed by atoms with Gasteiger partial charge in [0.25, 0.3) is 5.91 Å². The zero-order chi connectivity index (χ0) is 21.0. The van der Waals surface area contributed by atoms with Crippen LogP contribution >= 0.6 is 0 Å². The molecular weight excluding hydrogens is 374 g/mol. The molecule has 0 fully saturated rings. The normalized spacial score (nSPS) is 14.9. The van der Waals surface area contributed by atoms with Crippen molar-refractivity contribution in [3.63, 3.8) is 0 Å². The van der Waals surface area contributed by atoms with Gasteiger partial charge in [0.05, 0.1) is 5.39 Å². The molecule has 0 saturated heterocycles. The highest BCUT2D eigenvalue weighted by Crippen LogP contribution is 2.43. The van der Waals surface area contributed by atoms with Gasteiger partial charge in [0, 0.05) is 30.8 Å². The molecule has 1 aliphatic rings. The molecule has 158 valence electrons. The minimum atomic E-state index is -0.396. The zero-order valence-corrected chi connectivity index (χ0v) is 17.3. The number of aliphatic hydroxyl groups excluding tert-OH is 1. The Kier molecular flexibility index (Phi) is 6.47. The number of fused-ring (bicyclic) bond motifs is 3. The monoisotopic (exact) mass is 403 g/mol. The summed E-state index contributed by atoms with van der Waals surface area (Å²) in [6, 6.07) is 3.30. The predicted molar refractivity (Wildman–Crippen MR) is 110 cm³/mol. The molecule has 0 unspecified atom stereocenters. The summed E-state index contributed by atoms with van der Waals surface area (Å²) in [5, 5.41) is 12.3. The number of hydrogen-bond acceptors (Lipinski definition) is 6. The van der Waals surface area contributed by atoms with E-state index in [2.05, 4.69) is 5.32 Å². The van der Waals surface area contributed by atoms with Gasteiger partial charge in [-0.2, -0.15) is 0 Å². The molecule has 2 N–H and O–H groups in total. The maximum absolute atomic E-state index is 12.2. The van der Waals surface area contributed by atoms with Gasteiger partial charge < -0.3 is 24.3 Å². The molecular formula is C22H29NO6. The number of carbonyl (C=O) groups excluding carboxylic acids is 1. The van der Waals surface area contributed by atoms with Crippen LogP contribution in [-0.2, 0) is 17.6 Å². The summed E-state index contributed by atoms with van der Waals surface area (Å²) in [7, 11) is 0. The van der Waals surface area contributed by atoms with Crippen molar-refractivity contribution in [2.75, 3.05) is 19.8 Å². The van der Waals surface area contributed by atoms with E-state index in [1.165, 1.54) is 6.07 Å². The van der Waals surface area contributed by atoms with Gasteiger partial charge in [0.1, 0.15) is 22.7 Å². The van der Waals surface area contributed by atoms with Crippen molar-refractivity contribution in [2.45, 2.75) is 58.5 Å². The number of rotatable bonds is 8. The molecule has 7 nitrogen and oxygen atoms in total. The molecule has 1 aromatic carbocycles. The first kappa shape index (κ1) is 21.2. The lowest BCUT2D eigenvalue weighted by atomic mass is 9.91. The molecule has 0 saturated carbocycles. The summed E-state index contributed by atoms with van der Waals surface area (Å²) in [6.07, 6.45) is 3.60. The summed E-state index contributed by atoms with van der Waals surface area (Å²) in [4.78, 5) is 24.2. The lowest BCUT2D eigenvalue weighted by molar-refractivity contribution is -0.123. The molecule has 1 aromatic heterocycles. The average molecular weight is 403 g/mol. The first-order chi connectivity index (χ1) is 13.8. The molecule has 7 heteroatoms. The van der Waals surface area contributed by atoms with Gasteiger partial charge in [-0.3, -0.25) is 4.79 Å². The molecule has 2 aromatic rings. The van der Waals surface area contributed by atoms with Crippen molar-refractivity contribution in [3.8, 4) is 11.5 Å². The van der Waals surface area contributed by atoms with Gasteiger partial charge in [-0.25, -0.2) is 4.79 Å². The minimum Gasteiger partial charge on any atom is -0.487 e. The van der Waals surface area contributed by atoms with E-state index >= 15 is 0 Å². The fraction of sp³-hybridized carbons (Fsp3) is 0.545. The number of hydrogen-bond donors (Lipinski definition) is 2. The van der Waals surface area contributed by atoms with Gasteiger partial charge in [-0.15, -0.1) is 0 Å². The molecule has 2 heterocycles. The fourth-order valence-corrected chi connectivity index (χ4v) is 3.60. The number of amides is 1. The van der Waals surface area contributed by atoms with E-state index in [-0.39, 0.29) is 24.7 Å². The SMILES string of the molecule is CCCc1cc(=O)oc2c3c(cc(OCC(=O)NCCCO)c12)OC(C)(C)CC3. The second kappa shape index (κ2) is 8.86. The van der Waals surface area contributed by atoms with Crippen LogP contribution in [0.4, 0.5) is 0 Å². The van der Waals surface area contributed by atoms with Crippen LogP contribution in [0.5, 0.6) is 11.5 Å². The average Bonchev–Trinajstić information content (AvgIpc) is 2.65. The molecule has 29 heavy (non-hydrogen) atoms. The van der Waals surface area contributed by atoms with E-state index in [1.807, 2.05) is 20.8 Å². The van der Waals surface area contributed by atoms with Crippen molar-refractivity contribution < 1.29 is 23.8 Å². The molecule has 0 radical (unpaired) electrons. The number of benzene rings is 1. The van der Waals surface area contributed by atoms with Crippen LogP contribution in [0.3, 0.4) is 0 Å². The predicted octanol–water partition coefficient (Wildman–Crippen LogP) is 2.73. The third-order valence-electron chi connectivity index (χ3n) is 5.02. The van der Waals surface area contributed by atoms with Crippen molar-refractivity contribution >= 4 is 16.9 Å². The first-order valence-electron chi connectivity index (χ1n) is 10.2. The van der Waals surface area contributed by atoms with Gasteiger partial charge in [0.15, 0.2) is 6.61 Å². The molecule has 0 bridgehead atoms. The molecule has 0 aliphatic carbocycles. The van der Waals surface area contributed by atoms with Gasteiger partial charge in [0.2, 0.25) is 0 Å². The van der Waals surface area contributed by atoms with Crippen LogP contribution in [0.25, 0.3) is 11.0 Å². The number of nitrogens with one attached hydrogen (secondary N) is 1. The maximum atomic E-state index is 12.2. The number of aliphatic hydroxyl groups is 1. The standard InChI is InChI=1S/C22H29NO6/c1-4-6-14-11-19(26)28-21-15-7-8-22(2,3)29-16(15)12-17(20(14)21)27-13-18(25)23-9-5-10-24/h11-12,24H,4-10,13H2,1-3H3,(H,23,25). The lowest BCUT2D eigenvalue weighted by Crippen LogP contribution is -2.33. The quantitative estimate of drug-likeness (QED) is 0.520. The number of carbonyl (C=O) groups is 1. The second-order valence-electron chi connectivity index (χ2n) is 7.97. The molecule has 0 atom stereocenters. The Hall–Kier alpha value is -2.54. The third kappa shape index (κ3) is 4.90. The first-order valence-corrected chi connectivity index (χ1v) is 10.2. The lowest BCUT2D eigenvalue weighted by Gasteiger charge is -2.33. The van der Waals surface area contributed by atoms with Crippen LogP contribution in [0.1, 0.15) is 51.2 Å². The van der Waals surface area contributed by atoms with Crippen LogP contribution < -0.4 is 20.4 Å². The van der Waals surface area contributed by atoms with E-state index in [0.29, 0.717) is 36.5 Å². The fourth-order valence-electron chi connectivity index (χ4n) is 3.60. The third-order valence-corrected chi connectivity index (χ3v) is 5.02. The minimum absolute atomic E-state index is 0.0170. The molecule has 1 aliphatic heterocycles. The highest BCUT2D eigenvalue weighted by atomic mass is 16.5. The number of aryl methyl sites for hydroxylation is 2. The van der Waals surface area contributed by atoms with Gasteiger partial charge in [-0.1, -0.05) is 13.3 Å². The zero-order valence-electron chi connectivity index (χ0n) is 17.3. The summed E-state index contributed by atoms with van der Waals surface area (Å²) in [6.45, 7) is 6.30. The van der Waals surface area contributed by atoms with Crippen LogP contribution in [0.2, 0.25) is 0 Å². The van der Waals surface area contributed by atoms with E-state index in [0.717, 1.165) is 35.8 Å². The van der Waals surface area contributed by atoms with Crippen molar-refractivity contribution in [2.24, 2.45) is 0 Å².